The molecule has 2 aromatic rings. The zero-order chi connectivity index (χ0) is 22.7. The lowest BCUT2D eigenvalue weighted by Crippen LogP contribution is -2.47. The Balaban J connectivity index is 1.49. The number of carbonyl (C=O) groups is 2. The van der Waals surface area contributed by atoms with Crippen LogP contribution >= 0.6 is 0 Å². The second-order valence-electron chi connectivity index (χ2n) is 8.86. The molecule has 0 aliphatic carbocycles. The maximum Gasteiger partial charge on any atom is 0.261 e. The summed E-state index contributed by atoms with van der Waals surface area (Å²) >= 11 is 0. The lowest BCUT2D eigenvalue weighted by molar-refractivity contribution is -0.182. The highest BCUT2D eigenvalue weighted by atomic mass is 16.7. The van der Waals surface area contributed by atoms with Crippen LogP contribution < -0.4 is 4.90 Å². The summed E-state index contributed by atoms with van der Waals surface area (Å²) in [5.74, 6) is -0.441. The number of amides is 2. The van der Waals surface area contributed by atoms with Gasteiger partial charge in [-0.15, -0.1) is 0 Å². The first-order valence-electron chi connectivity index (χ1n) is 11.5. The third-order valence-corrected chi connectivity index (χ3v) is 6.15. The fourth-order valence-electron chi connectivity index (χ4n) is 4.48. The van der Waals surface area contributed by atoms with Crippen molar-refractivity contribution in [3.63, 3.8) is 0 Å². The summed E-state index contributed by atoms with van der Waals surface area (Å²) < 4.78 is 11.9. The fraction of sp³-hybridized carbons (Fsp3) is 0.462. The summed E-state index contributed by atoms with van der Waals surface area (Å²) in [6, 6.07) is 15.0. The Morgan fingerprint density at radius 1 is 1.00 bits per heavy atom. The van der Waals surface area contributed by atoms with E-state index in [2.05, 4.69) is 36.1 Å². The van der Waals surface area contributed by atoms with Gasteiger partial charge in [0.1, 0.15) is 0 Å². The highest BCUT2D eigenvalue weighted by Gasteiger charge is 2.38. The first kappa shape index (κ1) is 22.5. The van der Waals surface area contributed by atoms with Crippen molar-refractivity contribution in [3.05, 3.63) is 65.2 Å². The zero-order valence-electron chi connectivity index (χ0n) is 19.1. The molecule has 4 rings (SSSR count). The number of nitrogens with zero attached hydrogens (tertiary/aromatic N) is 2. The largest absolute Gasteiger partial charge is 0.367 e. The fourth-order valence-corrected chi connectivity index (χ4v) is 4.48. The molecule has 0 aromatic heterocycles. The van der Waals surface area contributed by atoms with Gasteiger partial charge < -0.3 is 14.4 Å². The van der Waals surface area contributed by atoms with Crippen molar-refractivity contribution in [2.45, 2.75) is 58.5 Å². The summed E-state index contributed by atoms with van der Waals surface area (Å²) in [6.45, 7) is 7.94. The normalized spacial score (nSPS) is 20.2. The number of hydrogen-bond donors (Lipinski definition) is 0. The lowest BCUT2D eigenvalue weighted by atomic mass is 10.1. The second kappa shape index (κ2) is 9.84. The summed E-state index contributed by atoms with van der Waals surface area (Å²) in [4.78, 5) is 29.5. The van der Waals surface area contributed by atoms with Gasteiger partial charge in [0.25, 0.3) is 11.8 Å². The average Bonchev–Trinajstić information content (AvgIpc) is 3.05. The van der Waals surface area contributed by atoms with Crippen molar-refractivity contribution >= 4 is 17.5 Å². The minimum atomic E-state index is -0.290. The van der Waals surface area contributed by atoms with Gasteiger partial charge in [0.05, 0.1) is 23.3 Å². The summed E-state index contributed by atoms with van der Waals surface area (Å²) in [5.41, 5.74) is 3.19. The quantitative estimate of drug-likeness (QED) is 0.574. The van der Waals surface area contributed by atoms with Gasteiger partial charge in [-0.2, -0.15) is 0 Å². The maximum absolute atomic E-state index is 12.9. The molecule has 6 heteroatoms. The van der Waals surface area contributed by atoms with E-state index in [1.165, 1.54) is 10.5 Å². The van der Waals surface area contributed by atoms with E-state index in [0.29, 0.717) is 24.2 Å². The smallest absolute Gasteiger partial charge is 0.261 e. The van der Waals surface area contributed by atoms with E-state index in [1.807, 2.05) is 13.8 Å². The number of hydrogen-bond acceptors (Lipinski definition) is 5. The van der Waals surface area contributed by atoms with Gasteiger partial charge in [0, 0.05) is 25.4 Å². The minimum Gasteiger partial charge on any atom is -0.367 e. The van der Waals surface area contributed by atoms with Gasteiger partial charge in [0.2, 0.25) is 0 Å². The van der Waals surface area contributed by atoms with Crippen LogP contribution in [0.4, 0.5) is 5.69 Å². The highest BCUT2D eigenvalue weighted by molar-refractivity contribution is 6.21. The Morgan fingerprint density at radius 3 is 2.25 bits per heavy atom. The van der Waals surface area contributed by atoms with Gasteiger partial charge in [-0.25, -0.2) is 0 Å². The molecule has 0 spiro atoms. The Bertz CT molecular complexity index is 918. The number of rotatable bonds is 8. The van der Waals surface area contributed by atoms with Crippen molar-refractivity contribution in [2.75, 3.05) is 24.6 Å². The van der Waals surface area contributed by atoms with Crippen LogP contribution in [0.2, 0.25) is 0 Å². The van der Waals surface area contributed by atoms with E-state index in [0.717, 1.165) is 31.6 Å². The second-order valence-corrected chi connectivity index (χ2v) is 8.86. The summed E-state index contributed by atoms with van der Waals surface area (Å²) in [7, 11) is 0. The Labute approximate surface area is 190 Å². The van der Waals surface area contributed by atoms with Crippen molar-refractivity contribution in [2.24, 2.45) is 0 Å². The number of anilines is 1. The monoisotopic (exact) mass is 436 g/mol. The van der Waals surface area contributed by atoms with Gasteiger partial charge in [-0.1, -0.05) is 29.8 Å². The molecule has 0 saturated carbocycles. The SMILES string of the molecule is Cc1ccc(N(CC(C)OC2CCCCO2)CC(C)N2C(=O)c3ccccc3C2=O)cc1. The molecular formula is C26H32N2O4. The van der Waals surface area contributed by atoms with E-state index < -0.39 is 0 Å². The third-order valence-electron chi connectivity index (χ3n) is 6.15. The van der Waals surface area contributed by atoms with Crippen molar-refractivity contribution in [1.82, 2.24) is 4.90 Å². The molecule has 1 saturated heterocycles. The first-order chi connectivity index (χ1) is 15.4. The molecule has 0 N–H and O–H groups in total. The van der Waals surface area contributed by atoms with Gasteiger partial charge in [-0.3, -0.25) is 14.5 Å². The maximum atomic E-state index is 12.9. The van der Waals surface area contributed by atoms with Crippen LogP contribution in [0.15, 0.2) is 48.5 Å². The molecule has 3 atom stereocenters. The Morgan fingerprint density at radius 2 is 1.66 bits per heavy atom. The highest BCUT2D eigenvalue weighted by Crippen LogP contribution is 2.26. The molecular weight excluding hydrogens is 404 g/mol. The topological polar surface area (TPSA) is 59.1 Å². The summed E-state index contributed by atoms with van der Waals surface area (Å²) in [6.07, 6.45) is 2.90. The molecule has 6 nitrogen and oxygen atoms in total. The van der Waals surface area contributed by atoms with Crippen LogP contribution in [0.3, 0.4) is 0 Å². The van der Waals surface area contributed by atoms with Crippen LogP contribution in [-0.2, 0) is 9.47 Å². The van der Waals surface area contributed by atoms with Crippen LogP contribution in [0.5, 0.6) is 0 Å². The molecule has 2 aliphatic rings. The number of imide groups is 1. The van der Waals surface area contributed by atoms with E-state index in [9.17, 15) is 9.59 Å². The van der Waals surface area contributed by atoms with Crippen LogP contribution in [0.25, 0.3) is 0 Å². The molecule has 2 amide bonds. The molecule has 2 aliphatic heterocycles. The standard InChI is InChI=1S/C26H32N2O4/c1-18-11-13-21(14-12-18)27(17-20(3)32-24-10-6-7-15-31-24)16-19(2)28-25(29)22-8-4-5-9-23(22)26(28)30/h4-5,8-9,11-14,19-20,24H,6-7,10,15-17H2,1-3H3. The van der Waals surface area contributed by atoms with Crippen LogP contribution in [0.1, 0.15) is 59.4 Å². The first-order valence-corrected chi connectivity index (χ1v) is 11.5. The number of aryl methyl sites for hydroxylation is 1. The number of carbonyl (C=O) groups excluding carboxylic acids is 2. The molecule has 2 aromatic carbocycles. The minimum absolute atomic E-state index is 0.0613. The van der Waals surface area contributed by atoms with Crippen molar-refractivity contribution in [3.8, 4) is 0 Å². The van der Waals surface area contributed by atoms with Crippen molar-refractivity contribution in [1.29, 1.82) is 0 Å². The Hall–Kier alpha value is -2.70. The molecule has 0 bridgehead atoms. The average molecular weight is 437 g/mol. The number of ether oxygens (including phenoxy) is 2. The molecule has 32 heavy (non-hydrogen) atoms. The van der Waals surface area contributed by atoms with Gasteiger partial charge in [0.15, 0.2) is 6.29 Å². The van der Waals surface area contributed by atoms with E-state index in [4.69, 9.17) is 9.47 Å². The molecule has 1 fully saturated rings. The molecule has 3 unspecified atom stereocenters. The zero-order valence-corrected chi connectivity index (χ0v) is 19.1. The van der Waals surface area contributed by atoms with E-state index >= 15 is 0 Å². The molecule has 0 radical (unpaired) electrons. The third kappa shape index (κ3) is 4.87. The summed E-state index contributed by atoms with van der Waals surface area (Å²) in [5, 5.41) is 0. The lowest BCUT2D eigenvalue weighted by Gasteiger charge is -2.34. The number of fused-ring (bicyclic) bond motifs is 1. The van der Waals surface area contributed by atoms with E-state index in [1.54, 1.807) is 24.3 Å². The van der Waals surface area contributed by atoms with Crippen LogP contribution in [0, 0.1) is 6.92 Å². The number of benzene rings is 2. The predicted octanol–water partition coefficient (Wildman–Crippen LogP) is 4.42. The van der Waals surface area contributed by atoms with Gasteiger partial charge >= 0.3 is 0 Å². The van der Waals surface area contributed by atoms with Crippen molar-refractivity contribution < 1.29 is 19.1 Å². The predicted molar refractivity (Wildman–Crippen MR) is 124 cm³/mol. The molecule has 170 valence electrons. The Kier molecular flexibility index (Phi) is 6.92. The molecule has 2 heterocycles. The van der Waals surface area contributed by atoms with E-state index in [-0.39, 0.29) is 30.3 Å². The van der Waals surface area contributed by atoms with Gasteiger partial charge in [-0.05, 0) is 64.3 Å². The van der Waals surface area contributed by atoms with Crippen LogP contribution in [-0.4, -0.2) is 54.8 Å².